The molecule has 122 valence electrons. The summed E-state index contributed by atoms with van der Waals surface area (Å²) >= 11 is 12.9. The van der Waals surface area contributed by atoms with E-state index >= 15 is 0 Å². The van der Waals surface area contributed by atoms with Crippen molar-refractivity contribution in [3.05, 3.63) is 69.0 Å². The van der Waals surface area contributed by atoms with Crippen LogP contribution in [0.15, 0.2) is 41.8 Å². The van der Waals surface area contributed by atoms with Crippen molar-refractivity contribution in [2.24, 2.45) is 0 Å². The zero-order valence-corrected chi connectivity index (χ0v) is 14.1. The number of carbonyl (C=O) groups is 1. The summed E-state index contributed by atoms with van der Waals surface area (Å²) in [6.07, 6.45) is 0. The fraction of sp³-hybridized carbons (Fsp3) is 0. The Labute approximate surface area is 149 Å². The van der Waals surface area contributed by atoms with Crippen molar-refractivity contribution in [1.82, 2.24) is 4.98 Å². The van der Waals surface area contributed by atoms with E-state index in [-0.39, 0.29) is 21.3 Å². The van der Waals surface area contributed by atoms with Gasteiger partial charge in [0, 0.05) is 22.0 Å². The predicted molar refractivity (Wildman–Crippen MR) is 91.9 cm³/mol. The number of benzene rings is 2. The standard InChI is InChI=1S/C16H8Cl2F2N2OS/c17-8-1-3-10(12(18)5-8)15(23)22-16-21-14(7-24-16)11-4-2-9(19)6-13(11)20/h1-7H,(H,21,22,23). The molecule has 2 aromatic carbocycles. The van der Waals surface area contributed by atoms with E-state index in [1.807, 2.05) is 0 Å². The molecule has 0 atom stereocenters. The van der Waals surface area contributed by atoms with Crippen molar-refractivity contribution in [2.75, 3.05) is 5.32 Å². The van der Waals surface area contributed by atoms with Crippen LogP contribution < -0.4 is 5.32 Å². The first-order valence-corrected chi connectivity index (χ1v) is 8.25. The van der Waals surface area contributed by atoms with Crippen LogP contribution in [0, 0.1) is 11.6 Å². The van der Waals surface area contributed by atoms with Crippen molar-refractivity contribution >= 4 is 45.6 Å². The molecule has 0 saturated carbocycles. The van der Waals surface area contributed by atoms with E-state index in [0.717, 1.165) is 23.5 Å². The third kappa shape index (κ3) is 3.56. The Hall–Kier alpha value is -2.02. The molecule has 24 heavy (non-hydrogen) atoms. The van der Waals surface area contributed by atoms with E-state index in [9.17, 15) is 13.6 Å². The van der Waals surface area contributed by atoms with Crippen LogP contribution in [0.3, 0.4) is 0 Å². The van der Waals surface area contributed by atoms with Gasteiger partial charge in [0.15, 0.2) is 5.13 Å². The molecule has 0 unspecified atom stereocenters. The van der Waals surface area contributed by atoms with Gasteiger partial charge in [-0.25, -0.2) is 13.8 Å². The largest absolute Gasteiger partial charge is 0.298 e. The maximum absolute atomic E-state index is 13.8. The monoisotopic (exact) mass is 384 g/mol. The summed E-state index contributed by atoms with van der Waals surface area (Å²) < 4.78 is 26.7. The number of nitrogens with zero attached hydrogens (tertiary/aromatic N) is 1. The average Bonchev–Trinajstić information content (AvgIpc) is 2.95. The van der Waals surface area contributed by atoms with Gasteiger partial charge in [-0.15, -0.1) is 11.3 Å². The highest BCUT2D eigenvalue weighted by Gasteiger charge is 2.15. The lowest BCUT2D eigenvalue weighted by Crippen LogP contribution is -2.12. The van der Waals surface area contributed by atoms with E-state index < -0.39 is 17.5 Å². The molecule has 3 rings (SSSR count). The maximum atomic E-state index is 13.8. The van der Waals surface area contributed by atoms with E-state index in [1.54, 1.807) is 11.4 Å². The second kappa shape index (κ2) is 6.84. The van der Waals surface area contributed by atoms with Gasteiger partial charge in [-0.1, -0.05) is 23.2 Å². The third-order valence-electron chi connectivity index (χ3n) is 3.11. The van der Waals surface area contributed by atoms with Gasteiger partial charge in [-0.3, -0.25) is 10.1 Å². The van der Waals surface area contributed by atoms with Crippen molar-refractivity contribution in [1.29, 1.82) is 0 Å². The van der Waals surface area contributed by atoms with Crippen molar-refractivity contribution < 1.29 is 13.6 Å². The lowest BCUT2D eigenvalue weighted by atomic mass is 10.1. The normalized spacial score (nSPS) is 10.7. The van der Waals surface area contributed by atoms with Gasteiger partial charge in [0.2, 0.25) is 0 Å². The second-order valence-electron chi connectivity index (χ2n) is 4.74. The van der Waals surface area contributed by atoms with Crippen molar-refractivity contribution in [2.45, 2.75) is 0 Å². The van der Waals surface area contributed by atoms with Gasteiger partial charge in [0.1, 0.15) is 11.6 Å². The first-order chi connectivity index (χ1) is 11.4. The molecule has 1 amide bonds. The molecule has 0 aliphatic heterocycles. The van der Waals surface area contributed by atoms with Gasteiger partial charge in [-0.05, 0) is 30.3 Å². The summed E-state index contributed by atoms with van der Waals surface area (Å²) in [5, 5.41) is 5.04. The van der Waals surface area contributed by atoms with Gasteiger partial charge < -0.3 is 0 Å². The Morgan fingerprint density at radius 2 is 1.92 bits per heavy atom. The SMILES string of the molecule is O=C(Nc1nc(-c2ccc(F)cc2F)cs1)c1ccc(Cl)cc1Cl. The Morgan fingerprint density at radius 1 is 1.12 bits per heavy atom. The van der Waals surface area contributed by atoms with Crippen LogP contribution in [0.4, 0.5) is 13.9 Å². The van der Waals surface area contributed by atoms with E-state index in [2.05, 4.69) is 10.3 Å². The van der Waals surface area contributed by atoms with Crippen LogP contribution in [0.5, 0.6) is 0 Å². The quantitative estimate of drug-likeness (QED) is 0.633. The number of nitrogens with one attached hydrogen (secondary N) is 1. The number of rotatable bonds is 3. The number of anilines is 1. The Balaban J connectivity index is 1.82. The molecule has 1 N–H and O–H groups in total. The van der Waals surface area contributed by atoms with E-state index in [4.69, 9.17) is 23.2 Å². The Kier molecular flexibility index (Phi) is 4.80. The molecule has 0 radical (unpaired) electrons. The van der Waals surface area contributed by atoms with Crippen LogP contribution in [-0.2, 0) is 0 Å². The molecule has 0 saturated heterocycles. The van der Waals surface area contributed by atoms with Crippen molar-refractivity contribution in [3.63, 3.8) is 0 Å². The minimum Gasteiger partial charge on any atom is -0.298 e. The molecule has 0 aliphatic rings. The Morgan fingerprint density at radius 3 is 2.62 bits per heavy atom. The van der Waals surface area contributed by atoms with Crippen LogP contribution in [0.25, 0.3) is 11.3 Å². The second-order valence-corrected chi connectivity index (χ2v) is 6.44. The van der Waals surface area contributed by atoms with Gasteiger partial charge in [0.05, 0.1) is 16.3 Å². The summed E-state index contributed by atoms with van der Waals surface area (Å²) in [6.45, 7) is 0. The van der Waals surface area contributed by atoms with E-state index in [0.29, 0.717) is 10.7 Å². The highest BCUT2D eigenvalue weighted by molar-refractivity contribution is 7.14. The summed E-state index contributed by atoms with van der Waals surface area (Å²) in [7, 11) is 0. The number of carbonyl (C=O) groups excluding carboxylic acids is 1. The Bertz CT molecular complexity index is 930. The zero-order chi connectivity index (χ0) is 17.3. The number of halogens is 4. The number of aromatic nitrogens is 1. The van der Waals surface area contributed by atoms with Crippen LogP contribution in [0.2, 0.25) is 10.0 Å². The first-order valence-electron chi connectivity index (χ1n) is 6.61. The topological polar surface area (TPSA) is 42.0 Å². The minimum absolute atomic E-state index is 0.151. The van der Waals surface area contributed by atoms with Crippen molar-refractivity contribution in [3.8, 4) is 11.3 Å². The van der Waals surface area contributed by atoms with Gasteiger partial charge >= 0.3 is 0 Å². The lowest BCUT2D eigenvalue weighted by Gasteiger charge is -2.04. The maximum Gasteiger partial charge on any atom is 0.258 e. The highest BCUT2D eigenvalue weighted by Crippen LogP contribution is 2.28. The smallest absolute Gasteiger partial charge is 0.258 e. The average molecular weight is 385 g/mol. The summed E-state index contributed by atoms with van der Waals surface area (Å²) in [6, 6.07) is 7.71. The molecule has 0 fully saturated rings. The molecule has 3 aromatic rings. The van der Waals surface area contributed by atoms with Crippen LogP contribution in [0.1, 0.15) is 10.4 Å². The van der Waals surface area contributed by atoms with Crippen LogP contribution >= 0.6 is 34.5 Å². The minimum atomic E-state index is -0.723. The molecule has 0 aliphatic carbocycles. The van der Waals surface area contributed by atoms with Gasteiger partial charge in [-0.2, -0.15) is 0 Å². The molecular weight excluding hydrogens is 377 g/mol. The molecular formula is C16H8Cl2F2N2OS. The molecule has 8 heteroatoms. The molecule has 1 heterocycles. The lowest BCUT2D eigenvalue weighted by molar-refractivity contribution is 0.102. The highest BCUT2D eigenvalue weighted by atomic mass is 35.5. The fourth-order valence-electron chi connectivity index (χ4n) is 1.99. The predicted octanol–water partition coefficient (Wildman–Crippen LogP) is 5.65. The number of thiazole rings is 1. The van der Waals surface area contributed by atoms with Crippen LogP contribution in [-0.4, -0.2) is 10.9 Å². The molecule has 0 spiro atoms. The fourth-order valence-corrected chi connectivity index (χ4v) is 3.19. The number of amides is 1. The first kappa shape index (κ1) is 16.8. The summed E-state index contributed by atoms with van der Waals surface area (Å²) in [4.78, 5) is 16.3. The van der Waals surface area contributed by atoms with E-state index in [1.165, 1.54) is 18.2 Å². The van der Waals surface area contributed by atoms with Gasteiger partial charge in [0.25, 0.3) is 5.91 Å². The zero-order valence-electron chi connectivity index (χ0n) is 11.8. The number of hydrogen-bond donors (Lipinski definition) is 1. The molecule has 3 nitrogen and oxygen atoms in total. The molecule has 1 aromatic heterocycles. The summed E-state index contributed by atoms with van der Waals surface area (Å²) in [5.74, 6) is -1.85. The third-order valence-corrected chi connectivity index (χ3v) is 4.41. The number of hydrogen-bond acceptors (Lipinski definition) is 3. The molecule has 0 bridgehead atoms. The summed E-state index contributed by atoms with van der Waals surface area (Å²) in [5.41, 5.74) is 0.693.